The number of unbranched alkanes of at least 4 members (excludes halogenated alkanes) is 3. The summed E-state index contributed by atoms with van der Waals surface area (Å²) in [4.78, 5) is 18.1. The number of carbonyl (C=O) groups excluding carboxylic acids is 1. The van der Waals surface area contributed by atoms with E-state index in [0.717, 1.165) is 25.8 Å². The van der Waals surface area contributed by atoms with Gasteiger partial charge in [0.25, 0.3) is 0 Å². The van der Waals surface area contributed by atoms with Crippen LogP contribution < -0.4 is 0 Å². The van der Waals surface area contributed by atoms with Gasteiger partial charge in [0.2, 0.25) is 5.91 Å². The highest BCUT2D eigenvalue weighted by atomic mass is 16.2. The molecule has 0 N–H and O–H groups in total. The van der Waals surface area contributed by atoms with E-state index < -0.39 is 0 Å². The Morgan fingerprint density at radius 2 is 1.40 bits per heavy atom. The van der Waals surface area contributed by atoms with E-state index in [0.29, 0.717) is 12.1 Å². The summed E-state index contributed by atoms with van der Waals surface area (Å²) in [5.41, 5.74) is 0. The fourth-order valence-corrected chi connectivity index (χ4v) is 3.33. The van der Waals surface area contributed by atoms with E-state index in [1.807, 2.05) is 19.0 Å². The van der Waals surface area contributed by atoms with Crippen molar-refractivity contribution in [3.63, 3.8) is 0 Å². The van der Waals surface area contributed by atoms with E-state index in [-0.39, 0.29) is 0 Å². The standard InChI is InChI=1S/C12H27N.C9H18N2O/c1-4-7-10-13(11-8-5-2)12-9-6-3;1-4-8(10(2)3)11-7-5-6-9(11)12/h4-12H2,1-3H3;8H,4-7H2,1-3H3. The first-order chi connectivity index (χ1) is 12.0. The fraction of sp³-hybridized carbons (Fsp3) is 0.952. The largest absolute Gasteiger partial charge is 0.327 e. The molecule has 1 saturated heterocycles. The maximum absolute atomic E-state index is 11.4. The van der Waals surface area contributed by atoms with Crippen molar-refractivity contribution >= 4 is 5.91 Å². The van der Waals surface area contributed by atoms with Gasteiger partial charge in [-0.15, -0.1) is 0 Å². The van der Waals surface area contributed by atoms with Crippen LogP contribution in [-0.4, -0.2) is 67.0 Å². The summed E-state index contributed by atoms with van der Waals surface area (Å²) in [6.45, 7) is 13.8. The highest BCUT2D eigenvalue weighted by Crippen LogP contribution is 2.16. The lowest BCUT2D eigenvalue weighted by Gasteiger charge is -2.32. The van der Waals surface area contributed by atoms with Gasteiger partial charge < -0.3 is 9.80 Å². The molecule has 1 aliphatic heterocycles. The predicted molar refractivity (Wildman–Crippen MR) is 110 cm³/mol. The van der Waals surface area contributed by atoms with E-state index in [4.69, 9.17) is 0 Å². The second-order valence-electron chi connectivity index (χ2n) is 7.45. The molecular formula is C21H45N3O. The van der Waals surface area contributed by atoms with E-state index in [2.05, 4.69) is 37.5 Å². The van der Waals surface area contributed by atoms with Crippen molar-refractivity contribution < 1.29 is 4.79 Å². The third kappa shape index (κ3) is 10.9. The van der Waals surface area contributed by atoms with Crippen LogP contribution in [0.4, 0.5) is 0 Å². The molecule has 0 aromatic rings. The zero-order valence-electron chi connectivity index (χ0n) is 18.0. The molecule has 4 nitrogen and oxygen atoms in total. The molecule has 0 spiro atoms. The molecular weight excluding hydrogens is 310 g/mol. The van der Waals surface area contributed by atoms with Crippen molar-refractivity contribution in [2.75, 3.05) is 40.3 Å². The van der Waals surface area contributed by atoms with Gasteiger partial charge in [-0.05, 0) is 65.8 Å². The normalized spacial score (nSPS) is 15.7. The Morgan fingerprint density at radius 3 is 1.68 bits per heavy atom. The van der Waals surface area contributed by atoms with Gasteiger partial charge in [-0.2, -0.15) is 0 Å². The third-order valence-electron chi connectivity index (χ3n) is 4.91. The van der Waals surface area contributed by atoms with Crippen molar-refractivity contribution in [2.45, 2.75) is 91.6 Å². The number of likely N-dealkylation sites (tertiary alicyclic amines) is 1. The lowest BCUT2D eigenvalue weighted by Crippen LogP contribution is -2.45. The van der Waals surface area contributed by atoms with Crippen molar-refractivity contribution in [1.82, 2.24) is 14.7 Å². The average molecular weight is 356 g/mol. The van der Waals surface area contributed by atoms with E-state index >= 15 is 0 Å². The van der Waals surface area contributed by atoms with Gasteiger partial charge in [0.05, 0.1) is 6.17 Å². The molecule has 1 aliphatic rings. The third-order valence-corrected chi connectivity index (χ3v) is 4.91. The molecule has 1 amide bonds. The van der Waals surface area contributed by atoms with Crippen molar-refractivity contribution in [3.8, 4) is 0 Å². The van der Waals surface area contributed by atoms with Crippen LogP contribution in [0.2, 0.25) is 0 Å². The Bertz CT molecular complexity index is 301. The first kappa shape index (κ1) is 24.4. The highest BCUT2D eigenvalue weighted by molar-refractivity contribution is 5.78. The van der Waals surface area contributed by atoms with Crippen LogP contribution in [0.3, 0.4) is 0 Å². The molecule has 1 atom stereocenters. The maximum atomic E-state index is 11.4. The summed E-state index contributed by atoms with van der Waals surface area (Å²) in [5.74, 6) is 0.315. The highest BCUT2D eigenvalue weighted by Gasteiger charge is 2.27. The first-order valence-electron chi connectivity index (χ1n) is 10.7. The van der Waals surface area contributed by atoms with E-state index in [9.17, 15) is 4.79 Å². The van der Waals surface area contributed by atoms with Gasteiger partial charge in [0.15, 0.2) is 0 Å². The fourth-order valence-electron chi connectivity index (χ4n) is 3.33. The Balaban J connectivity index is 0.000000462. The summed E-state index contributed by atoms with van der Waals surface area (Å²) in [6.07, 6.45) is 11.2. The lowest BCUT2D eigenvalue weighted by atomic mass is 10.2. The van der Waals surface area contributed by atoms with Crippen LogP contribution >= 0.6 is 0 Å². The van der Waals surface area contributed by atoms with Crippen LogP contribution in [-0.2, 0) is 4.79 Å². The molecule has 1 fully saturated rings. The summed E-state index contributed by atoms with van der Waals surface area (Å²) >= 11 is 0. The number of rotatable bonds is 12. The molecule has 0 radical (unpaired) electrons. The maximum Gasteiger partial charge on any atom is 0.223 e. The molecule has 150 valence electrons. The van der Waals surface area contributed by atoms with Crippen molar-refractivity contribution in [1.29, 1.82) is 0 Å². The van der Waals surface area contributed by atoms with Gasteiger partial charge in [-0.3, -0.25) is 9.69 Å². The summed E-state index contributed by atoms with van der Waals surface area (Å²) in [7, 11) is 4.06. The van der Waals surface area contributed by atoms with E-state index in [1.165, 1.54) is 58.2 Å². The minimum Gasteiger partial charge on any atom is -0.327 e. The molecule has 0 aromatic heterocycles. The Kier molecular flexibility index (Phi) is 15.2. The van der Waals surface area contributed by atoms with Gasteiger partial charge in [-0.25, -0.2) is 0 Å². The quantitative estimate of drug-likeness (QED) is 0.512. The number of nitrogens with zero attached hydrogens (tertiary/aromatic N) is 3. The molecule has 1 heterocycles. The van der Waals surface area contributed by atoms with Crippen LogP contribution in [0.1, 0.15) is 85.5 Å². The number of amides is 1. The molecule has 0 aliphatic carbocycles. The molecule has 0 saturated carbocycles. The van der Waals surface area contributed by atoms with Crippen LogP contribution in [0.25, 0.3) is 0 Å². The van der Waals surface area contributed by atoms with Gasteiger partial charge in [0, 0.05) is 13.0 Å². The average Bonchev–Trinajstić information content (AvgIpc) is 3.01. The van der Waals surface area contributed by atoms with Gasteiger partial charge in [-0.1, -0.05) is 47.0 Å². The summed E-state index contributed by atoms with van der Waals surface area (Å²) < 4.78 is 0. The molecule has 1 rings (SSSR count). The zero-order chi connectivity index (χ0) is 19.1. The molecule has 25 heavy (non-hydrogen) atoms. The minimum absolute atomic E-state index is 0.306. The Hall–Kier alpha value is -0.610. The molecule has 1 unspecified atom stereocenters. The van der Waals surface area contributed by atoms with Crippen molar-refractivity contribution in [2.24, 2.45) is 0 Å². The topological polar surface area (TPSA) is 26.8 Å². The summed E-state index contributed by atoms with van der Waals surface area (Å²) in [6, 6.07) is 0. The Labute approximate surface area is 157 Å². The predicted octanol–water partition coefficient (Wildman–Crippen LogP) is 4.60. The monoisotopic (exact) mass is 355 g/mol. The number of hydrogen-bond donors (Lipinski definition) is 0. The second kappa shape index (κ2) is 15.6. The van der Waals surface area contributed by atoms with Gasteiger partial charge in [0.1, 0.15) is 0 Å². The zero-order valence-corrected chi connectivity index (χ0v) is 18.0. The van der Waals surface area contributed by atoms with Crippen LogP contribution in [0, 0.1) is 0 Å². The smallest absolute Gasteiger partial charge is 0.223 e. The van der Waals surface area contributed by atoms with Crippen LogP contribution in [0.5, 0.6) is 0 Å². The Morgan fingerprint density at radius 1 is 0.920 bits per heavy atom. The summed E-state index contributed by atoms with van der Waals surface area (Å²) in [5, 5.41) is 0. The van der Waals surface area contributed by atoms with E-state index in [1.54, 1.807) is 0 Å². The van der Waals surface area contributed by atoms with Crippen LogP contribution in [0.15, 0.2) is 0 Å². The molecule has 4 heteroatoms. The number of carbonyl (C=O) groups is 1. The van der Waals surface area contributed by atoms with Gasteiger partial charge >= 0.3 is 0 Å². The second-order valence-corrected chi connectivity index (χ2v) is 7.45. The molecule has 0 bridgehead atoms. The number of hydrogen-bond acceptors (Lipinski definition) is 3. The lowest BCUT2D eigenvalue weighted by molar-refractivity contribution is -0.132. The SMILES string of the molecule is CCC(N(C)C)N1CCCC1=O.CCCCN(CCCC)CCCC. The minimum atomic E-state index is 0.306. The first-order valence-corrected chi connectivity index (χ1v) is 10.7. The van der Waals surface area contributed by atoms with Crippen molar-refractivity contribution in [3.05, 3.63) is 0 Å². The molecule has 0 aromatic carbocycles.